The van der Waals surface area contributed by atoms with Gasteiger partial charge in [-0.3, -0.25) is 19.7 Å². The summed E-state index contributed by atoms with van der Waals surface area (Å²) in [4.78, 5) is 38.0. The third-order valence-electron chi connectivity index (χ3n) is 6.88. The van der Waals surface area contributed by atoms with E-state index in [1.54, 1.807) is 10.7 Å². The van der Waals surface area contributed by atoms with E-state index in [0.717, 1.165) is 42.6 Å². The first-order valence-corrected chi connectivity index (χ1v) is 11.1. The Morgan fingerprint density at radius 1 is 1.19 bits per heavy atom. The number of hydrogen-bond acceptors (Lipinski definition) is 6. The highest BCUT2D eigenvalue weighted by Crippen LogP contribution is 2.38. The SMILES string of the molecule is N#CC1(Cc2cn(-c3ccc4c(c3)CN(C3CCC(=O)NC3=O)C4=O)nn2)CCCCC1. The van der Waals surface area contributed by atoms with Crippen molar-refractivity contribution in [1.29, 1.82) is 5.26 Å². The van der Waals surface area contributed by atoms with Crippen LogP contribution in [-0.2, 0) is 22.6 Å². The topological polar surface area (TPSA) is 121 Å². The fourth-order valence-corrected chi connectivity index (χ4v) is 5.11. The van der Waals surface area contributed by atoms with Crippen LogP contribution in [0.1, 0.15) is 66.6 Å². The minimum absolute atomic E-state index is 0.200. The van der Waals surface area contributed by atoms with Crippen LogP contribution >= 0.6 is 0 Å². The summed E-state index contributed by atoms with van der Waals surface area (Å²) >= 11 is 0. The maximum absolute atomic E-state index is 12.9. The minimum Gasteiger partial charge on any atom is -0.322 e. The molecule has 2 fully saturated rings. The van der Waals surface area contributed by atoms with Gasteiger partial charge in [0, 0.05) is 24.9 Å². The maximum Gasteiger partial charge on any atom is 0.255 e. The van der Waals surface area contributed by atoms with Crippen LogP contribution in [0.25, 0.3) is 5.69 Å². The third-order valence-corrected chi connectivity index (χ3v) is 6.88. The van der Waals surface area contributed by atoms with Gasteiger partial charge in [0.25, 0.3) is 5.91 Å². The van der Waals surface area contributed by atoms with Gasteiger partial charge >= 0.3 is 0 Å². The average molecular weight is 432 g/mol. The molecule has 1 unspecified atom stereocenters. The van der Waals surface area contributed by atoms with Crippen molar-refractivity contribution in [3.63, 3.8) is 0 Å². The van der Waals surface area contributed by atoms with Crippen LogP contribution in [-0.4, -0.2) is 43.7 Å². The van der Waals surface area contributed by atoms with Crippen molar-refractivity contribution in [2.45, 2.75) is 64.0 Å². The third kappa shape index (κ3) is 3.55. The van der Waals surface area contributed by atoms with Crippen LogP contribution in [0.4, 0.5) is 0 Å². The number of nitriles is 1. The van der Waals surface area contributed by atoms with E-state index in [1.807, 2.05) is 18.3 Å². The number of benzene rings is 1. The summed E-state index contributed by atoms with van der Waals surface area (Å²) in [5.74, 6) is -0.919. The lowest BCUT2D eigenvalue weighted by atomic mass is 9.72. The largest absolute Gasteiger partial charge is 0.322 e. The molecule has 0 spiro atoms. The summed E-state index contributed by atoms with van der Waals surface area (Å²) in [6, 6.07) is 7.33. The highest BCUT2D eigenvalue weighted by atomic mass is 16.2. The summed E-state index contributed by atoms with van der Waals surface area (Å²) < 4.78 is 1.67. The van der Waals surface area contributed by atoms with Gasteiger partial charge < -0.3 is 4.90 Å². The molecule has 32 heavy (non-hydrogen) atoms. The lowest BCUT2D eigenvalue weighted by Gasteiger charge is -2.29. The molecule has 9 nitrogen and oxygen atoms in total. The van der Waals surface area contributed by atoms with Gasteiger partial charge in [-0.1, -0.05) is 24.5 Å². The molecule has 0 bridgehead atoms. The number of amides is 3. The van der Waals surface area contributed by atoms with E-state index in [1.165, 1.54) is 11.3 Å². The van der Waals surface area contributed by atoms with E-state index >= 15 is 0 Å². The van der Waals surface area contributed by atoms with E-state index in [-0.39, 0.29) is 23.7 Å². The zero-order valence-electron chi connectivity index (χ0n) is 17.7. The van der Waals surface area contributed by atoms with Gasteiger partial charge in [0.05, 0.1) is 29.1 Å². The van der Waals surface area contributed by atoms with Crippen molar-refractivity contribution in [3.8, 4) is 11.8 Å². The molecule has 2 aromatic rings. The molecule has 3 aliphatic rings. The van der Waals surface area contributed by atoms with Crippen LogP contribution in [0.15, 0.2) is 24.4 Å². The summed E-state index contributed by atoms with van der Waals surface area (Å²) in [7, 11) is 0. The quantitative estimate of drug-likeness (QED) is 0.738. The Labute approximate surface area is 185 Å². The first-order chi connectivity index (χ1) is 15.5. The van der Waals surface area contributed by atoms with Crippen molar-refractivity contribution >= 4 is 17.7 Å². The van der Waals surface area contributed by atoms with Gasteiger partial charge in [0.15, 0.2) is 0 Å². The monoisotopic (exact) mass is 432 g/mol. The highest BCUT2D eigenvalue weighted by molar-refractivity contribution is 6.05. The fraction of sp³-hybridized carbons (Fsp3) is 0.478. The smallest absolute Gasteiger partial charge is 0.255 e. The number of hydrogen-bond donors (Lipinski definition) is 1. The number of aromatic nitrogens is 3. The number of nitrogens with zero attached hydrogens (tertiary/aromatic N) is 5. The van der Waals surface area contributed by atoms with Crippen molar-refractivity contribution in [1.82, 2.24) is 25.2 Å². The first kappa shape index (κ1) is 20.4. The van der Waals surface area contributed by atoms with Gasteiger partial charge in [-0.25, -0.2) is 4.68 Å². The number of carbonyl (C=O) groups excluding carboxylic acids is 3. The van der Waals surface area contributed by atoms with Gasteiger partial charge in [-0.05, 0) is 43.0 Å². The Bertz CT molecular complexity index is 1140. The van der Waals surface area contributed by atoms with E-state index in [0.29, 0.717) is 24.9 Å². The van der Waals surface area contributed by atoms with Crippen molar-refractivity contribution in [2.75, 3.05) is 0 Å². The molecule has 3 amide bonds. The van der Waals surface area contributed by atoms with Crippen molar-refractivity contribution in [2.24, 2.45) is 5.41 Å². The second-order valence-corrected chi connectivity index (χ2v) is 9.03. The van der Waals surface area contributed by atoms with E-state index in [9.17, 15) is 19.6 Å². The lowest BCUT2D eigenvalue weighted by Crippen LogP contribution is -2.52. The molecule has 1 N–H and O–H groups in total. The highest BCUT2D eigenvalue weighted by Gasteiger charge is 2.39. The molecule has 0 radical (unpaired) electrons. The average Bonchev–Trinajstić information content (AvgIpc) is 3.38. The molecular weight excluding hydrogens is 408 g/mol. The molecule has 1 saturated heterocycles. The second kappa shape index (κ2) is 7.86. The molecule has 3 heterocycles. The number of nitrogens with one attached hydrogen (secondary N) is 1. The summed E-state index contributed by atoms with van der Waals surface area (Å²) in [5.41, 5.74) is 2.58. The number of carbonyl (C=O) groups is 3. The predicted molar refractivity (Wildman–Crippen MR) is 112 cm³/mol. The van der Waals surface area contributed by atoms with Crippen LogP contribution < -0.4 is 5.32 Å². The molecule has 5 rings (SSSR count). The molecule has 1 aromatic carbocycles. The van der Waals surface area contributed by atoms with E-state index in [2.05, 4.69) is 21.7 Å². The fourth-order valence-electron chi connectivity index (χ4n) is 5.11. The van der Waals surface area contributed by atoms with Gasteiger partial charge in [0.1, 0.15) is 6.04 Å². The minimum atomic E-state index is -0.633. The van der Waals surface area contributed by atoms with Gasteiger partial charge in [-0.15, -0.1) is 5.10 Å². The van der Waals surface area contributed by atoms with Crippen LogP contribution in [0.3, 0.4) is 0 Å². The predicted octanol–water partition coefficient (Wildman–Crippen LogP) is 2.04. The molecular formula is C23H24N6O3. The Balaban J connectivity index is 1.34. The maximum atomic E-state index is 12.9. The van der Waals surface area contributed by atoms with Crippen molar-refractivity contribution in [3.05, 3.63) is 41.2 Å². The summed E-state index contributed by atoms with van der Waals surface area (Å²) in [6.45, 7) is 0.313. The molecule has 164 valence electrons. The first-order valence-electron chi connectivity index (χ1n) is 11.1. The standard InChI is InChI=1S/C23H24N6O3/c24-14-23(8-2-1-3-9-23)11-16-13-29(27-26-16)17-4-5-18-15(10-17)12-28(22(18)32)19-6-7-20(30)25-21(19)31/h4-5,10,13,19H,1-3,6-9,11-12H2,(H,25,30,31). The Morgan fingerprint density at radius 3 is 2.75 bits per heavy atom. The Morgan fingerprint density at radius 2 is 2.00 bits per heavy atom. The summed E-state index contributed by atoms with van der Waals surface area (Å²) in [5, 5.41) is 20.6. The second-order valence-electron chi connectivity index (χ2n) is 9.03. The number of imide groups is 1. The number of rotatable bonds is 4. The Hall–Kier alpha value is -3.54. The molecule has 1 atom stereocenters. The Kier molecular flexibility index (Phi) is 5.00. The molecule has 1 saturated carbocycles. The molecule has 2 aliphatic heterocycles. The molecule has 1 aromatic heterocycles. The normalized spacial score (nSPS) is 22.4. The molecule has 1 aliphatic carbocycles. The van der Waals surface area contributed by atoms with E-state index in [4.69, 9.17) is 0 Å². The van der Waals surface area contributed by atoms with Gasteiger partial charge in [0.2, 0.25) is 11.8 Å². The van der Waals surface area contributed by atoms with Crippen LogP contribution in [0.5, 0.6) is 0 Å². The lowest BCUT2D eigenvalue weighted by molar-refractivity contribution is -0.136. The number of piperidine rings is 1. The van der Waals surface area contributed by atoms with Crippen LogP contribution in [0.2, 0.25) is 0 Å². The van der Waals surface area contributed by atoms with Gasteiger partial charge in [-0.2, -0.15) is 5.26 Å². The van der Waals surface area contributed by atoms with E-state index < -0.39 is 11.9 Å². The van der Waals surface area contributed by atoms with Crippen LogP contribution in [0, 0.1) is 16.7 Å². The number of fused-ring (bicyclic) bond motifs is 1. The van der Waals surface area contributed by atoms with Crippen molar-refractivity contribution < 1.29 is 14.4 Å². The zero-order valence-corrected chi connectivity index (χ0v) is 17.7. The molecule has 9 heteroatoms. The zero-order chi connectivity index (χ0) is 22.3. The summed E-state index contributed by atoms with van der Waals surface area (Å²) in [6.07, 6.45) is 8.13.